The number of hydrogen-bond donors (Lipinski definition) is 2. The Hall–Kier alpha value is -0.0600. The van der Waals surface area contributed by atoms with Gasteiger partial charge in [0, 0.05) is 12.3 Å². The monoisotopic (exact) mass is 162 g/mol. The highest BCUT2D eigenvalue weighted by molar-refractivity contribution is 7.80. The van der Waals surface area contributed by atoms with E-state index in [1.165, 1.54) is 11.9 Å². The van der Waals surface area contributed by atoms with Crippen molar-refractivity contribution in [1.82, 2.24) is 5.01 Å². The molecule has 0 radical (unpaired) electrons. The van der Waals surface area contributed by atoms with Crippen LogP contribution in [0, 0.1) is 0 Å². The summed E-state index contributed by atoms with van der Waals surface area (Å²) in [6.07, 6.45) is 0. The van der Waals surface area contributed by atoms with Crippen molar-refractivity contribution in [3.05, 3.63) is 0 Å². The number of hydrogen-bond acceptors (Lipinski definition) is 4. The van der Waals surface area contributed by atoms with Crippen molar-refractivity contribution in [3.8, 4) is 0 Å². The summed E-state index contributed by atoms with van der Waals surface area (Å²) in [6, 6.07) is -0.228. The highest BCUT2D eigenvalue weighted by atomic mass is 32.1. The summed E-state index contributed by atoms with van der Waals surface area (Å²) in [4.78, 5) is 10.8. The van der Waals surface area contributed by atoms with Gasteiger partial charge in [-0.3, -0.25) is 10.6 Å². The Morgan fingerprint density at radius 2 is 2.30 bits per heavy atom. The molecule has 0 aliphatic heterocycles. The Labute approximate surface area is 67.0 Å². The third-order valence-corrected chi connectivity index (χ3v) is 1.75. The van der Waals surface area contributed by atoms with Gasteiger partial charge in [-0.05, 0) is 6.92 Å². The lowest BCUT2D eigenvalue weighted by molar-refractivity contribution is -0.121. The molecule has 4 heteroatoms. The van der Waals surface area contributed by atoms with Crippen molar-refractivity contribution < 1.29 is 4.79 Å². The molecule has 0 heterocycles. The first-order valence-electron chi connectivity index (χ1n) is 3.26. The van der Waals surface area contributed by atoms with Gasteiger partial charge in [0.05, 0.1) is 6.04 Å². The van der Waals surface area contributed by atoms with Crippen LogP contribution in [0.3, 0.4) is 0 Å². The van der Waals surface area contributed by atoms with Crippen molar-refractivity contribution in [2.45, 2.75) is 19.9 Å². The molecule has 0 saturated carbocycles. The fourth-order valence-corrected chi connectivity index (χ4v) is 1.15. The second-order valence-electron chi connectivity index (χ2n) is 2.14. The number of nitrogens with two attached hydrogens (primary N) is 1. The predicted octanol–water partition coefficient (Wildman–Crippen LogP) is 0.0694. The van der Waals surface area contributed by atoms with E-state index in [0.29, 0.717) is 12.3 Å². The Morgan fingerprint density at radius 3 is 2.40 bits per heavy atom. The van der Waals surface area contributed by atoms with Crippen LogP contribution in [0.1, 0.15) is 13.8 Å². The zero-order valence-corrected chi connectivity index (χ0v) is 7.27. The maximum Gasteiger partial charge on any atom is 0.149 e. The highest BCUT2D eigenvalue weighted by Crippen LogP contribution is 1.96. The van der Waals surface area contributed by atoms with Crippen LogP contribution >= 0.6 is 12.6 Å². The van der Waals surface area contributed by atoms with Crippen LogP contribution in [-0.2, 0) is 4.79 Å². The van der Waals surface area contributed by atoms with E-state index >= 15 is 0 Å². The summed E-state index contributed by atoms with van der Waals surface area (Å²) in [6.45, 7) is 4.10. The molecule has 0 saturated heterocycles. The molecule has 0 aromatic rings. The third-order valence-electron chi connectivity index (χ3n) is 1.41. The van der Waals surface area contributed by atoms with E-state index in [2.05, 4.69) is 12.6 Å². The molecule has 3 nitrogen and oxygen atoms in total. The van der Waals surface area contributed by atoms with Gasteiger partial charge in [0.1, 0.15) is 5.78 Å². The Kier molecular flexibility index (Phi) is 4.68. The molecule has 10 heavy (non-hydrogen) atoms. The summed E-state index contributed by atoms with van der Waals surface area (Å²) in [5.74, 6) is 6.05. The van der Waals surface area contributed by atoms with Crippen LogP contribution in [0.15, 0.2) is 0 Å². The fourth-order valence-electron chi connectivity index (χ4n) is 0.687. The zero-order chi connectivity index (χ0) is 8.15. The SMILES string of the molecule is CCN(N)C(CS)C(C)=O. The lowest BCUT2D eigenvalue weighted by Crippen LogP contribution is -2.46. The molecule has 0 fully saturated rings. The number of nitrogens with zero attached hydrogens (tertiary/aromatic N) is 1. The van der Waals surface area contributed by atoms with Gasteiger partial charge in [-0.25, -0.2) is 5.01 Å². The second kappa shape index (κ2) is 4.71. The lowest BCUT2D eigenvalue weighted by Gasteiger charge is -2.21. The maximum atomic E-state index is 10.8. The molecular weight excluding hydrogens is 148 g/mol. The molecule has 1 unspecified atom stereocenters. The number of likely N-dealkylation sites (N-methyl/N-ethyl adjacent to an activating group) is 1. The highest BCUT2D eigenvalue weighted by Gasteiger charge is 2.16. The van der Waals surface area contributed by atoms with Gasteiger partial charge in [-0.2, -0.15) is 12.6 Å². The topological polar surface area (TPSA) is 46.3 Å². The summed E-state index contributed by atoms with van der Waals surface area (Å²) in [5, 5.41) is 1.50. The fraction of sp³-hybridized carbons (Fsp3) is 0.833. The lowest BCUT2D eigenvalue weighted by atomic mass is 10.2. The Bertz CT molecular complexity index is 118. The van der Waals surface area contributed by atoms with Crippen LogP contribution in [0.25, 0.3) is 0 Å². The second-order valence-corrected chi connectivity index (χ2v) is 2.50. The summed E-state index contributed by atoms with van der Waals surface area (Å²) in [7, 11) is 0. The van der Waals surface area contributed by atoms with E-state index in [9.17, 15) is 4.79 Å². The third kappa shape index (κ3) is 2.68. The average molecular weight is 162 g/mol. The summed E-state index contributed by atoms with van der Waals surface area (Å²) < 4.78 is 0. The minimum atomic E-state index is -0.228. The van der Waals surface area contributed by atoms with Crippen LogP contribution in [0.5, 0.6) is 0 Å². The molecule has 2 N–H and O–H groups in total. The van der Waals surface area contributed by atoms with Crippen LogP contribution in [0.4, 0.5) is 0 Å². The average Bonchev–Trinajstić information content (AvgIpc) is 1.88. The van der Waals surface area contributed by atoms with E-state index in [-0.39, 0.29) is 11.8 Å². The number of ketones is 1. The van der Waals surface area contributed by atoms with E-state index in [0.717, 1.165) is 0 Å². The molecule has 0 aromatic carbocycles. The number of carbonyl (C=O) groups excluding carboxylic acids is 1. The number of rotatable bonds is 4. The standard InChI is InChI=1S/C6H14N2OS/c1-3-8(7)6(4-10)5(2)9/h6,10H,3-4,7H2,1-2H3. The molecule has 1 atom stereocenters. The van der Waals surface area contributed by atoms with Gasteiger partial charge in [0.25, 0.3) is 0 Å². The molecule has 0 spiro atoms. The maximum absolute atomic E-state index is 10.8. The summed E-state index contributed by atoms with van der Waals surface area (Å²) >= 11 is 4.01. The van der Waals surface area contributed by atoms with E-state index < -0.39 is 0 Å². The number of Topliss-reactive ketones (excluding diaryl/α,β-unsaturated/α-hetero) is 1. The number of hydrazine groups is 1. The Balaban J connectivity index is 3.92. The molecule has 0 amide bonds. The minimum Gasteiger partial charge on any atom is -0.298 e. The Morgan fingerprint density at radius 1 is 1.80 bits per heavy atom. The molecule has 0 rings (SSSR count). The van der Waals surface area contributed by atoms with Crippen LogP contribution in [-0.4, -0.2) is 29.1 Å². The van der Waals surface area contributed by atoms with Crippen LogP contribution < -0.4 is 5.84 Å². The molecule has 0 aromatic heterocycles. The van der Waals surface area contributed by atoms with Gasteiger partial charge < -0.3 is 0 Å². The van der Waals surface area contributed by atoms with Gasteiger partial charge >= 0.3 is 0 Å². The minimum absolute atomic E-state index is 0.0688. The zero-order valence-electron chi connectivity index (χ0n) is 6.37. The first kappa shape index (κ1) is 9.94. The molecule has 60 valence electrons. The molecule has 0 aliphatic carbocycles. The largest absolute Gasteiger partial charge is 0.298 e. The number of thiol groups is 1. The van der Waals surface area contributed by atoms with Gasteiger partial charge in [-0.15, -0.1) is 0 Å². The summed E-state index contributed by atoms with van der Waals surface area (Å²) in [5.41, 5.74) is 0. The molecule has 0 aliphatic rings. The van der Waals surface area contributed by atoms with E-state index in [1.54, 1.807) is 0 Å². The van der Waals surface area contributed by atoms with E-state index in [1.807, 2.05) is 6.92 Å². The normalized spacial score (nSPS) is 13.7. The molecule has 0 bridgehead atoms. The van der Waals surface area contributed by atoms with Gasteiger partial charge in [-0.1, -0.05) is 6.92 Å². The van der Waals surface area contributed by atoms with E-state index in [4.69, 9.17) is 5.84 Å². The van der Waals surface area contributed by atoms with Crippen LogP contribution in [0.2, 0.25) is 0 Å². The van der Waals surface area contributed by atoms with Crippen molar-refractivity contribution in [3.63, 3.8) is 0 Å². The van der Waals surface area contributed by atoms with Gasteiger partial charge in [0.2, 0.25) is 0 Å². The van der Waals surface area contributed by atoms with Crippen molar-refractivity contribution in [2.24, 2.45) is 5.84 Å². The van der Waals surface area contributed by atoms with Gasteiger partial charge in [0.15, 0.2) is 0 Å². The van der Waals surface area contributed by atoms with Crippen molar-refractivity contribution >= 4 is 18.4 Å². The van der Waals surface area contributed by atoms with Crippen molar-refractivity contribution in [2.75, 3.05) is 12.3 Å². The first-order valence-corrected chi connectivity index (χ1v) is 3.89. The molecular formula is C6H14N2OS. The quantitative estimate of drug-likeness (QED) is 0.349. The first-order chi connectivity index (χ1) is 4.63. The predicted molar refractivity (Wildman–Crippen MR) is 44.9 cm³/mol. The van der Waals surface area contributed by atoms with Crippen molar-refractivity contribution in [1.29, 1.82) is 0 Å². The number of carbonyl (C=O) groups is 1. The smallest absolute Gasteiger partial charge is 0.149 e.